The van der Waals surface area contributed by atoms with Crippen LogP contribution in [-0.4, -0.2) is 47.4 Å². The lowest BCUT2D eigenvalue weighted by atomic mass is 9.84. The van der Waals surface area contributed by atoms with Crippen molar-refractivity contribution in [3.8, 4) is 0 Å². The second kappa shape index (κ2) is 6.27. The molecule has 0 spiro atoms. The molecule has 0 aliphatic heterocycles. The fraction of sp³-hybridized carbons (Fsp3) is 0.812. The van der Waals surface area contributed by atoms with E-state index in [1.54, 1.807) is 0 Å². The van der Waals surface area contributed by atoms with Crippen LogP contribution in [0, 0.1) is 6.92 Å². The van der Waals surface area contributed by atoms with Gasteiger partial charge >= 0.3 is 0 Å². The molecule has 0 radical (unpaired) electrons. The van der Waals surface area contributed by atoms with E-state index in [0.29, 0.717) is 11.6 Å². The summed E-state index contributed by atoms with van der Waals surface area (Å²) in [6.45, 7) is 5.21. The number of hydrogen-bond donors (Lipinski definition) is 1. The molecule has 1 fully saturated rings. The highest BCUT2D eigenvalue weighted by Gasteiger charge is 2.42. The Hall–Kier alpha value is -0.870. The van der Waals surface area contributed by atoms with Crippen molar-refractivity contribution in [1.82, 2.24) is 20.0 Å². The topological polar surface area (TPSA) is 33.1 Å². The minimum Gasteiger partial charge on any atom is -0.315 e. The van der Waals surface area contributed by atoms with Gasteiger partial charge in [0.25, 0.3) is 0 Å². The van der Waals surface area contributed by atoms with Crippen LogP contribution in [0.25, 0.3) is 0 Å². The molecule has 1 aromatic rings. The number of hydrogen-bond acceptors (Lipinski definition) is 3. The van der Waals surface area contributed by atoms with Crippen molar-refractivity contribution in [1.29, 1.82) is 0 Å². The van der Waals surface area contributed by atoms with Crippen LogP contribution >= 0.6 is 0 Å². The highest BCUT2D eigenvalue weighted by molar-refractivity contribution is 5.14. The third-order valence-corrected chi connectivity index (χ3v) is 5.06. The molecular weight excluding hydrogens is 248 g/mol. The van der Waals surface area contributed by atoms with Crippen LogP contribution in [0.2, 0.25) is 0 Å². The van der Waals surface area contributed by atoms with Gasteiger partial charge in [0.2, 0.25) is 0 Å². The van der Waals surface area contributed by atoms with Crippen LogP contribution in [0.15, 0.2) is 6.07 Å². The van der Waals surface area contributed by atoms with Crippen LogP contribution < -0.4 is 5.32 Å². The van der Waals surface area contributed by atoms with Crippen molar-refractivity contribution in [2.75, 3.05) is 21.1 Å². The van der Waals surface area contributed by atoms with E-state index < -0.39 is 0 Å². The van der Waals surface area contributed by atoms with E-state index in [9.17, 15) is 0 Å². The molecule has 1 atom stereocenters. The van der Waals surface area contributed by atoms with Gasteiger partial charge in [0.05, 0.1) is 5.69 Å². The summed E-state index contributed by atoms with van der Waals surface area (Å²) in [6.07, 6.45) is 6.35. The molecular formula is C16H30N4. The van der Waals surface area contributed by atoms with E-state index in [1.807, 2.05) is 0 Å². The van der Waals surface area contributed by atoms with Gasteiger partial charge in [-0.1, -0.05) is 12.8 Å². The minimum absolute atomic E-state index is 0.297. The fourth-order valence-electron chi connectivity index (χ4n) is 3.90. The Labute approximate surface area is 123 Å². The number of nitrogens with one attached hydrogen (secondary N) is 1. The van der Waals surface area contributed by atoms with Crippen LogP contribution in [0.4, 0.5) is 0 Å². The van der Waals surface area contributed by atoms with Crippen molar-refractivity contribution >= 4 is 0 Å². The number of aromatic nitrogens is 2. The van der Waals surface area contributed by atoms with E-state index in [0.717, 1.165) is 18.7 Å². The first-order chi connectivity index (χ1) is 9.53. The highest BCUT2D eigenvalue weighted by atomic mass is 15.3. The molecule has 4 nitrogen and oxygen atoms in total. The lowest BCUT2D eigenvalue weighted by Crippen LogP contribution is -2.57. The standard InChI is InChI=1S/C16H30N4/c1-6-20-14(11-13(2)18-20)12-15(17-3)16(19(4)5)9-7-8-10-16/h11,15,17H,6-10,12H2,1-5H3. The minimum atomic E-state index is 0.297. The molecule has 0 bridgehead atoms. The largest absolute Gasteiger partial charge is 0.315 e. The molecule has 0 aromatic carbocycles. The quantitative estimate of drug-likeness (QED) is 0.866. The van der Waals surface area contributed by atoms with Gasteiger partial charge in [-0.05, 0) is 53.9 Å². The van der Waals surface area contributed by atoms with E-state index >= 15 is 0 Å². The molecule has 1 saturated carbocycles. The molecule has 1 N–H and O–H groups in total. The number of rotatable bonds is 6. The van der Waals surface area contributed by atoms with E-state index in [-0.39, 0.29) is 0 Å². The van der Waals surface area contributed by atoms with Crippen molar-refractivity contribution in [3.63, 3.8) is 0 Å². The molecule has 20 heavy (non-hydrogen) atoms. The summed E-state index contributed by atoms with van der Waals surface area (Å²) in [5, 5.41) is 8.18. The second-order valence-corrected chi connectivity index (χ2v) is 6.34. The maximum absolute atomic E-state index is 4.59. The maximum atomic E-state index is 4.59. The molecule has 1 heterocycles. The Kier molecular flexibility index (Phi) is 4.86. The molecule has 114 valence electrons. The molecule has 1 unspecified atom stereocenters. The lowest BCUT2D eigenvalue weighted by Gasteiger charge is -2.43. The average molecular weight is 278 g/mol. The Bertz CT molecular complexity index is 430. The summed E-state index contributed by atoms with van der Waals surface area (Å²) in [4.78, 5) is 2.45. The number of aryl methyl sites for hydroxylation is 2. The van der Waals surface area contributed by atoms with Gasteiger partial charge in [-0.25, -0.2) is 0 Å². The lowest BCUT2D eigenvalue weighted by molar-refractivity contribution is 0.107. The normalized spacial score (nSPS) is 19.7. The monoisotopic (exact) mass is 278 g/mol. The Morgan fingerprint density at radius 2 is 2.05 bits per heavy atom. The van der Waals surface area contributed by atoms with E-state index in [1.165, 1.54) is 31.4 Å². The fourth-order valence-corrected chi connectivity index (χ4v) is 3.90. The summed E-state index contributed by atoms with van der Waals surface area (Å²) in [5.41, 5.74) is 2.78. The van der Waals surface area contributed by atoms with E-state index in [4.69, 9.17) is 0 Å². The van der Waals surface area contributed by atoms with Gasteiger partial charge in [0, 0.05) is 30.2 Å². The first-order valence-electron chi connectivity index (χ1n) is 7.91. The van der Waals surface area contributed by atoms with Crippen molar-refractivity contribution in [2.45, 2.75) is 64.1 Å². The third-order valence-electron chi connectivity index (χ3n) is 5.06. The highest BCUT2D eigenvalue weighted by Crippen LogP contribution is 2.37. The van der Waals surface area contributed by atoms with Crippen LogP contribution in [-0.2, 0) is 13.0 Å². The zero-order valence-electron chi connectivity index (χ0n) is 13.7. The number of likely N-dealkylation sites (N-methyl/N-ethyl adjacent to an activating group) is 2. The molecule has 0 amide bonds. The third kappa shape index (κ3) is 2.77. The van der Waals surface area contributed by atoms with Gasteiger partial charge in [-0.15, -0.1) is 0 Å². The van der Waals surface area contributed by atoms with Gasteiger partial charge in [-0.2, -0.15) is 5.10 Å². The summed E-state index contributed by atoms with van der Waals surface area (Å²) in [5.74, 6) is 0. The van der Waals surface area contributed by atoms with Gasteiger partial charge in [0.1, 0.15) is 0 Å². The van der Waals surface area contributed by atoms with Gasteiger partial charge < -0.3 is 10.2 Å². The molecule has 1 aliphatic carbocycles. The average Bonchev–Trinajstić information content (AvgIpc) is 3.03. The van der Waals surface area contributed by atoms with Crippen LogP contribution in [0.3, 0.4) is 0 Å². The van der Waals surface area contributed by atoms with Crippen LogP contribution in [0.1, 0.15) is 44.0 Å². The molecule has 0 saturated heterocycles. The summed E-state index contributed by atoms with van der Waals surface area (Å²) >= 11 is 0. The summed E-state index contributed by atoms with van der Waals surface area (Å²) in [6, 6.07) is 2.73. The number of nitrogens with zero attached hydrogens (tertiary/aromatic N) is 3. The molecule has 1 aromatic heterocycles. The first kappa shape index (κ1) is 15.5. The molecule has 1 aliphatic rings. The first-order valence-corrected chi connectivity index (χ1v) is 7.91. The predicted octanol–water partition coefficient (Wildman–Crippen LogP) is 2.22. The van der Waals surface area contributed by atoms with E-state index in [2.05, 4.69) is 61.1 Å². The Balaban J connectivity index is 2.23. The SMILES string of the molecule is CCn1nc(C)cc1CC(NC)C1(N(C)C)CCCC1. The van der Waals surface area contributed by atoms with Crippen molar-refractivity contribution < 1.29 is 0 Å². The van der Waals surface area contributed by atoms with Gasteiger partial charge in [0.15, 0.2) is 0 Å². The summed E-state index contributed by atoms with van der Waals surface area (Å²) in [7, 11) is 6.57. The van der Waals surface area contributed by atoms with Gasteiger partial charge in [-0.3, -0.25) is 4.68 Å². The zero-order chi connectivity index (χ0) is 14.8. The Morgan fingerprint density at radius 1 is 1.40 bits per heavy atom. The van der Waals surface area contributed by atoms with Crippen LogP contribution in [0.5, 0.6) is 0 Å². The molecule has 4 heteroatoms. The van der Waals surface area contributed by atoms with Crippen molar-refractivity contribution in [2.24, 2.45) is 0 Å². The second-order valence-electron chi connectivity index (χ2n) is 6.34. The smallest absolute Gasteiger partial charge is 0.0596 e. The molecule has 2 rings (SSSR count). The summed E-state index contributed by atoms with van der Waals surface area (Å²) < 4.78 is 2.15. The zero-order valence-corrected chi connectivity index (χ0v) is 13.7. The van der Waals surface area contributed by atoms with Crippen molar-refractivity contribution in [3.05, 3.63) is 17.5 Å². The Morgan fingerprint density at radius 3 is 2.55 bits per heavy atom. The maximum Gasteiger partial charge on any atom is 0.0596 e. The predicted molar refractivity (Wildman–Crippen MR) is 84.1 cm³/mol.